The second kappa shape index (κ2) is 18.4. The number of allylic oxidation sites excluding steroid dienone is 1. The fourth-order valence-corrected chi connectivity index (χ4v) is 12.1. The minimum Gasteiger partial charge on any atom is -0.497 e. The molecule has 1 N–H and O–H groups in total. The summed E-state index contributed by atoms with van der Waals surface area (Å²) in [5.74, 6) is 1.35. The summed E-state index contributed by atoms with van der Waals surface area (Å²) in [5, 5.41) is 11.3. The van der Waals surface area contributed by atoms with E-state index in [0.29, 0.717) is 61.2 Å². The molecule has 0 amide bonds. The number of aliphatic hydroxyl groups excluding tert-OH is 1. The first kappa shape index (κ1) is 44.9. The Labute approximate surface area is 375 Å². The van der Waals surface area contributed by atoms with E-state index < -0.39 is 32.8 Å². The number of benzene rings is 3. The van der Waals surface area contributed by atoms with E-state index in [1.165, 1.54) is 7.11 Å². The zero-order valence-corrected chi connectivity index (χ0v) is 38.1. The number of hydrogen-bond donors (Lipinski definition) is 1. The van der Waals surface area contributed by atoms with Gasteiger partial charge in [0.2, 0.25) is 10.0 Å². The van der Waals surface area contributed by atoms with Gasteiger partial charge >= 0.3 is 5.97 Å². The molecular weight excluding hydrogens is 845 g/mol. The standard InChI is InChI=1S/C49H57ClFN3O8S/c1-30(31(2)63(57,58)54(25-32-8-13-37(59-3)14-9-32)26-33-10-15-38(60-4)16-11-33)35-23-36(24-35)46(55)39-17-12-34(39)27-53-28-49(22-6-7-40-41(49)18-19-42(50)45(40)51)29-62-44-21-20-43(48(56)61-5)52-47(44)53/h8-11,13-16,18-21,23,30-31,34-35,39,46,55H,6-7,12,17,22,24-29H2,1-5H3/t30-,31-,34+,35+,39-,46?,49+/m1/s1. The Bertz CT molecular complexity index is 2400. The number of halogens is 2. The summed E-state index contributed by atoms with van der Waals surface area (Å²) < 4.78 is 68.3. The van der Waals surface area contributed by atoms with Crippen LogP contribution < -0.4 is 19.1 Å². The number of rotatable bonds is 15. The van der Waals surface area contributed by atoms with Crippen molar-refractivity contribution in [2.75, 3.05) is 45.9 Å². The van der Waals surface area contributed by atoms with Crippen molar-refractivity contribution < 1.29 is 41.7 Å². The number of hydrogen-bond acceptors (Lipinski definition) is 10. The van der Waals surface area contributed by atoms with Crippen LogP contribution in [0, 0.1) is 29.5 Å². The molecule has 0 saturated heterocycles. The first-order chi connectivity index (χ1) is 30.2. The highest BCUT2D eigenvalue weighted by Crippen LogP contribution is 2.49. The lowest BCUT2D eigenvalue weighted by Crippen LogP contribution is -2.50. The van der Waals surface area contributed by atoms with E-state index in [-0.39, 0.29) is 53.3 Å². The summed E-state index contributed by atoms with van der Waals surface area (Å²) in [6.45, 7) is 5.52. The van der Waals surface area contributed by atoms with Crippen LogP contribution in [0.4, 0.5) is 10.2 Å². The second-order valence-corrected chi connectivity index (χ2v) is 20.5. The summed E-state index contributed by atoms with van der Waals surface area (Å²) in [5.41, 5.74) is 3.75. The van der Waals surface area contributed by atoms with E-state index in [4.69, 9.17) is 35.5 Å². The predicted octanol–water partition coefficient (Wildman–Crippen LogP) is 8.54. The third-order valence-electron chi connectivity index (χ3n) is 14.3. The molecule has 0 bridgehead atoms. The second-order valence-electron chi connectivity index (χ2n) is 17.8. The van der Waals surface area contributed by atoms with Gasteiger partial charge in [0.05, 0.1) is 44.3 Å². The van der Waals surface area contributed by atoms with Crippen molar-refractivity contribution in [1.82, 2.24) is 9.29 Å². The monoisotopic (exact) mass is 901 g/mol. The minimum atomic E-state index is -3.79. The molecule has 1 spiro atoms. The lowest BCUT2D eigenvalue weighted by Gasteiger charge is -2.47. The van der Waals surface area contributed by atoms with Crippen molar-refractivity contribution in [2.45, 2.75) is 82.2 Å². The molecule has 2 heterocycles. The number of anilines is 1. The SMILES string of the molecule is COC(=O)c1ccc2c(n1)N(C[C@@H]1CC[C@H]1C(O)C1=C[C@H]([C@H](C)[C@@H](C)S(=O)(=O)N(Cc3ccc(OC)cc3)Cc3ccc(OC)cc3)C1)C[C@@]1(CCCc3c1ccc(Cl)c3F)CO2. The molecule has 3 aliphatic carbocycles. The predicted molar refractivity (Wildman–Crippen MR) is 241 cm³/mol. The van der Waals surface area contributed by atoms with E-state index in [9.17, 15) is 18.3 Å². The zero-order chi connectivity index (χ0) is 44.6. The quantitative estimate of drug-likeness (QED) is 0.0917. The molecule has 8 rings (SSSR count). The number of aromatic nitrogens is 1. The van der Waals surface area contributed by atoms with E-state index >= 15 is 4.39 Å². The van der Waals surface area contributed by atoms with Gasteiger partial charge < -0.3 is 29.0 Å². The molecule has 1 fully saturated rings. The van der Waals surface area contributed by atoms with Gasteiger partial charge in [-0.2, -0.15) is 4.31 Å². The molecule has 0 radical (unpaired) electrons. The summed E-state index contributed by atoms with van der Waals surface area (Å²) in [4.78, 5) is 19.6. The Hall–Kier alpha value is -4.69. The number of carbonyl (C=O) groups is 1. The van der Waals surface area contributed by atoms with Crippen molar-refractivity contribution in [3.05, 3.63) is 123 Å². The van der Waals surface area contributed by atoms with Crippen molar-refractivity contribution >= 4 is 33.4 Å². The molecule has 63 heavy (non-hydrogen) atoms. The number of ether oxygens (including phenoxy) is 4. The molecule has 1 aliphatic heterocycles. The van der Waals surface area contributed by atoms with Gasteiger partial charge in [-0.05, 0) is 139 Å². The maximum absolute atomic E-state index is 15.5. The van der Waals surface area contributed by atoms with Gasteiger partial charge in [-0.25, -0.2) is 22.6 Å². The molecule has 1 unspecified atom stereocenters. The number of nitrogens with zero attached hydrogens (tertiary/aromatic N) is 3. The Morgan fingerprint density at radius 1 is 0.984 bits per heavy atom. The highest BCUT2D eigenvalue weighted by atomic mass is 35.5. The van der Waals surface area contributed by atoms with Crippen molar-refractivity contribution in [3.63, 3.8) is 0 Å². The van der Waals surface area contributed by atoms with Crippen LogP contribution in [0.3, 0.4) is 0 Å². The number of esters is 1. The lowest BCUT2D eigenvalue weighted by atomic mass is 9.64. The van der Waals surface area contributed by atoms with E-state index in [1.807, 2.05) is 61.5 Å². The van der Waals surface area contributed by atoms with Crippen LogP contribution in [-0.2, 0) is 39.7 Å². The Morgan fingerprint density at radius 3 is 2.22 bits per heavy atom. The van der Waals surface area contributed by atoms with Gasteiger partial charge in [0.25, 0.3) is 0 Å². The van der Waals surface area contributed by atoms with Gasteiger partial charge in [-0.1, -0.05) is 54.9 Å². The third kappa shape index (κ3) is 8.91. The number of carbonyl (C=O) groups excluding carboxylic acids is 1. The third-order valence-corrected chi connectivity index (χ3v) is 16.9. The Kier molecular flexibility index (Phi) is 13.1. The van der Waals surface area contributed by atoms with Crippen molar-refractivity contribution in [3.8, 4) is 17.2 Å². The summed E-state index contributed by atoms with van der Waals surface area (Å²) in [6, 6.07) is 21.8. The number of methoxy groups -OCH3 is 3. The molecular formula is C49H57ClFN3O8S. The summed E-state index contributed by atoms with van der Waals surface area (Å²) >= 11 is 6.26. The van der Waals surface area contributed by atoms with E-state index in [2.05, 4.69) is 11.0 Å². The first-order valence-electron chi connectivity index (χ1n) is 21.8. The molecule has 7 atom stereocenters. The molecule has 336 valence electrons. The Balaban J connectivity index is 0.988. The highest BCUT2D eigenvalue weighted by molar-refractivity contribution is 7.89. The molecule has 1 saturated carbocycles. The number of aliphatic hydroxyl groups is 1. The summed E-state index contributed by atoms with van der Waals surface area (Å²) in [6.07, 6.45) is 5.86. The number of pyridine rings is 1. The fraction of sp³-hybridized carbons (Fsp3) is 0.469. The van der Waals surface area contributed by atoms with Crippen LogP contribution in [-0.4, -0.2) is 81.2 Å². The van der Waals surface area contributed by atoms with Crippen LogP contribution in [0.25, 0.3) is 0 Å². The number of sulfonamides is 1. The van der Waals surface area contributed by atoms with E-state index in [1.54, 1.807) is 43.6 Å². The van der Waals surface area contributed by atoms with Gasteiger partial charge in [0.1, 0.15) is 17.3 Å². The van der Waals surface area contributed by atoms with Crippen LogP contribution in [0.5, 0.6) is 17.2 Å². The largest absolute Gasteiger partial charge is 0.497 e. The molecule has 4 aromatic rings. The molecule has 11 nitrogen and oxygen atoms in total. The van der Waals surface area contributed by atoms with E-state index in [0.717, 1.165) is 47.9 Å². The first-order valence-corrected chi connectivity index (χ1v) is 23.7. The van der Waals surface area contributed by atoms with Crippen LogP contribution in [0.2, 0.25) is 5.02 Å². The molecule has 4 aliphatic rings. The van der Waals surface area contributed by atoms with Gasteiger partial charge in [-0.15, -0.1) is 0 Å². The average Bonchev–Trinajstić information content (AvgIpc) is 3.42. The fourth-order valence-electron chi connectivity index (χ4n) is 10.1. The van der Waals surface area contributed by atoms with Crippen LogP contribution in [0.1, 0.15) is 78.7 Å². The highest BCUT2D eigenvalue weighted by Gasteiger charge is 2.47. The van der Waals surface area contributed by atoms with Gasteiger partial charge in [0, 0.05) is 31.6 Å². The minimum absolute atomic E-state index is 0.0162. The molecule has 14 heteroatoms. The van der Waals surface area contributed by atoms with Crippen LogP contribution >= 0.6 is 11.6 Å². The lowest BCUT2D eigenvalue weighted by molar-refractivity contribution is 0.0308. The normalized spacial score (nSPS) is 23.2. The van der Waals surface area contributed by atoms with Crippen LogP contribution in [0.15, 0.2) is 84.4 Å². The number of fused-ring (bicyclic) bond motifs is 3. The molecule has 1 aromatic heterocycles. The smallest absolute Gasteiger partial charge is 0.356 e. The van der Waals surface area contributed by atoms with Gasteiger partial charge in [-0.3, -0.25) is 0 Å². The average molecular weight is 903 g/mol. The summed E-state index contributed by atoms with van der Waals surface area (Å²) in [7, 11) is 0.726. The van der Waals surface area contributed by atoms with Crippen molar-refractivity contribution in [2.24, 2.45) is 23.7 Å². The van der Waals surface area contributed by atoms with Gasteiger partial charge in [0.15, 0.2) is 17.3 Å². The zero-order valence-electron chi connectivity index (χ0n) is 36.6. The van der Waals surface area contributed by atoms with Crippen molar-refractivity contribution in [1.29, 1.82) is 0 Å². The maximum atomic E-state index is 15.5. The molecule has 3 aromatic carbocycles. The Morgan fingerprint density at radius 2 is 1.63 bits per heavy atom. The topological polar surface area (TPSA) is 128 Å². The maximum Gasteiger partial charge on any atom is 0.356 e.